The molecule has 0 N–H and O–H groups in total. The van der Waals surface area contributed by atoms with Crippen LogP contribution >= 0.6 is 6.72 Å². The van der Waals surface area contributed by atoms with Crippen LogP contribution in [0.15, 0.2) is 47.4 Å². The third kappa shape index (κ3) is 6.06. The van der Waals surface area contributed by atoms with Gasteiger partial charge in [-0.3, -0.25) is 9.05 Å². The van der Waals surface area contributed by atoms with Crippen molar-refractivity contribution in [1.29, 1.82) is 0 Å². The van der Waals surface area contributed by atoms with Gasteiger partial charge >= 0.3 is 6.72 Å². The van der Waals surface area contributed by atoms with Gasteiger partial charge in [-0.25, -0.2) is 13.4 Å². The first-order chi connectivity index (χ1) is 15.2. The molecule has 32 heavy (non-hydrogen) atoms. The number of aromatic nitrogens is 1. The minimum absolute atomic E-state index is 0.0540. The van der Waals surface area contributed by atoms with Gasteiger partial charge in [0.2, 0.25) is 0 Å². The van der Waals surface area contributed by atoms with E-state index in [1.807, 2.05) is 39.0 Å². The monoisotopic (exact) mass is 495 g/mol. The van der Waals surface area contributed by atoms with Gasteiger partial charge in [-0.2, -0.15) is 0 Å². The maximum atomic E-state index is 12.4. The number of fused-ring (bicyclic) bond motifs is 2. The zero-order valence-electron chi connectivity index (χ0n) is 18.9. The minimum Gasteiger partial charge on any atom is -0.424 e. The molecule has 0 aliphatic carbocycles. The molecule has 6 nitrogen and oxygen atoms in total. The van der Waals surface area contributed by atoms with Crippen LogP contribution in [0.1, 0.15) is 47.0 Å². The molecule has 0 aliphatic heterocycles. The van der Waals surface area contributed by atoms with E-state index in [4.69, 9.17) is 25.4 Å². The number of nitrogens with zero attached hydrogens (tertiary/aromatic N) is 1. The smallest absolute Gasteiger partial charge is 0.380 e. The van der Waals surface area contributed by atoms with Gasteiger partial charge in [0.1, 0.15) is 5.75 Å². The molecule has 0 aliphatic rings. The molecule has 0 saturated carbocycles. The van der Waals surface area contributed by atoms with E-state index in [1.165, 1.54) is 0 Å². The van der Waals surface area contributed by atoms with Gasteiger partial charge < -0.3 is 4.52 Å². The Kier molecular flexibility index (Phi) is 8.28. The Hall–Kier alpha value is -1.57. The van der Waals surface area contributed by atoms with Crippen molar-refractivity contribution in [2.24, 2.45) is 0 Å². The van der Waals surface area contributed by atoms with Gasteiger partial charge in [0.05, 0.1) is 34.4 Å². The number of hydrogen-bond donors (Lipinski definition) is 0. The normalized spacial score (nSPS) is 15.0. The SMILES string of the molecule is CCCC(C)OP(=S)(OCC)Oc1ccc2nc3cc(S(=O)(=O)CCC)ccc3cc2c1. The first-order valence-corrected chi connectivity index (χ1v) is 15.1. The third-order valence-corrected chi connectivity index (χ3v) is 9.24. The lowest BCUT2D eigenvalue weighted by Gasteiger charge is -2.25. The Morgan fingerprint density at radius 2 is 1.78 bits per heavy atom. The van der Waals surface area contributed by atoms with E-state index in [1.54, 1.807) is 24.3 Å². The van der Waals surface area contributed by atoms with Crippen molar-refractivity contribution < 1.29 is 22.0 Å². The van der Waals surface area contributed by atoms with Crippen LogP contribution in [0.3, 0.4) is 0 Å². The molecular formula is C23H30NO5PS2. The first kappa shape index (κ1) is 25.1. The molecule has 0 radical (unpaired) electrons. The summed E-state index contributed by atoms with van der Waals surface area (Å²) in [6, 6.07) is 12.5. The quantitative estimate of drug-likeness (QED) is 0.224. The summed E-state index contributed by atoms with van der Waals surface area (Å²) in [5, 5.41) is 1.71. The molecule has 2 atom stereocenters. The van der Waals surface area contributed by atoms with E-state index in [9.17, 15) is 8.42 Å². The molecule has 0 saturated heterocycles. The molecule has 9 heteroatoms. The first-order valence-electron chi connectivity index (χ1n) is 10.9. The fourth-order valence-corrected chi connectivity index (χ4v) is 7.22. The predicted molar refractivity (Wildman–Crippen MR) is 134 cm³/mol. The van der Waals surface area contributed by atoms with E-state index in [-0.39, 0.29) is 11.9 Å². The number of hydrogen-bond acceptors (Lipinski definition) is 7. The van der Waals surface area contributed by atoms with Crippen molar-refractivity contribution in [3.8, 4) is 5.75 Å². The van der Waals surface area contributed by atoms with E-state index >= 15 is 0 Å². The van der Waals surface area contributed by atoms with E-state index < -0.39 is 16.6 Å². The Bertz CT molecular complexity index is 1250. The minimum atomic E-state index is -3.30. The number of pyridine rings is 1. The van der Waals surface area contributed by atoms with Gasteiger partial charge in [-0.05, 0) is 63.1 Å². The summed E-state index contributed by atoms with van der Waals surface area (Å²) in [6.07, 6.45) is 2.38. The Balaban J connectivity index is 1.94. The fraction of sp³-hybridized carbons (Fsp3) is 0.435. The summed E-state index contributed by atoms with van der Waals surface area (Å²) in [5.74, 6) is 0.679. The molecule has 3 rings (SSSR count). The van der Waals surface area contributed by atoms with Crippen LogP contribution in [0, 0.1) is 0 Å². The molecule has 174 valence electrons. The molecule has 2 unspecified atom stereocenters. The number of rotatable bonds is 11. The lowest BCUT2D eigenvalue weighted by molar-refractivity contribution is 0.153. The van der Waals surface area contributed by atoms with Crippen molar-refractivity contribution in [2.75, 3.05) is 12.4 Å². The van der Waals surface area contributed by atoms with E-state index in [2.05, 4.69) is 11.9 Å². The highest BCUT2D eigenvalue weighted by Crippen LogP contribution is 2.51. The van der Waals surface area contributed by atoms with Crippen LogP contribution in [0.4, 0.5) is 0 Å². The molecule has 0 amide bonds. The maximum absolute atomic E-state index is 12.4. The highest BCUT2D eigenvalue weighted by molar-refractivity contribution is 8.07. The van der Waals surface area contributed by atoms with Crippen LogP contribution in [-0.4, -0.2) is 31.9 Å². The summed E-state index contributed by atoms with van der Waals surface area (Å²) >= 11 is 5.62. The van der Waals surface area contributed by atoms with Crippen molar-refractivity contribution in [3.05, 3.63) is 42.5 Å². The summed E-state index contributed by atoms with van der Waals surface area (Å²) in [5.41, 5.74) is 1.37. The molecular weight excluding hydrogens is 465 g/mol. The van der Waals surface area contributed by atoms with Crippen molar-refractivity contribution in [3.63, 3.8) is 0 Å². The standard InChI is InChI=1S/C23H30NO5PS2/c1-5-8-17(4)28-30(31,27-7-3)29-20-10-12-22-19(15-20)14-18-9-11-21(16-23(18)24-22)32(25,26)13-6-2/h9-12,14-17H,5-8,13H2,1-4H3. The zero-order valence-corrected chi connectivity index (χ0v) is 21.4. The summed E-state index contributed by atoms with van der Waals surface area (Å²) in [7, 11) is -3.30. The molecule has 1 aromatic heterocycles. The van der Waals surface area contributed by atoms with Gasteiger partial charge in [0, 0.05) is 22.6 Å². The van der Waals surface area contributed by atoms with Gasteiger partial charge in [0.25, 0.3) is 0 Å². The maximum Gasteiger partial charge on any atom is 0.380 e. The molecule has 1 heterocycles. The molecule has 0 fully saturated rings. The topological polar surface area (TPSA) is 74.7 Å². The predicted octanol–water partition coefficient (Wildman–Crippen LogP) is 6.42. The lowest BCUT2D eigenvalue weighted by Crippen LogP contribution is -2.10. The summed E-state index contributed by atoms with van der Waals surface area (Å²) < 4.78 is 42.6. The number of benzene rings is 2. The number of sulfone groups is 1. The summed E-state index contributed by atoms with van der Waals surface area (Å²) in [6.45, 7) is 5.24. The second-order valence-corrected chi connectivity index (χ2v) is 12.7. The van der Waals surface area contributed by atoms with Crippen LogP contribution in [0.2, 0.25) is 0 Å². The van der Waals surface area contributed by atoms with Crippen LogP contribution in [0.5, 0.6) is 5.75 Å². The third-order valence-electron chi connectivity index (χ3n) is 4.89. The van der Waals surface area contributed by atoms with Crippen molar-refractivity contribution >= 4 is 50.2 Å². The molecule has 0 bridgehead atoms. The van der Waals surface area contributed by atoms with Crippen molar-refractivity contribution in [1.82, 2.24) is 4.98 Å². The Morgan fingerprint density at radius 3 is 2.47 bits per heavy atom. The Labute approximate surface area is 195 Å². The average molecular weight is 496 g/mol. The van der Waals surface area contributed by atoms with Gasteiger partial charge in [-0.15, -0.1) is 0 Å². The van der Waals surface area contributed by atoms with Crippen molar-refractivity contribution in [2.45, 2.75) is 58.0 Å². The summed E-state index contributed by atoms with van der Waals surface area (Å²) in [4.78, 5) is 4.96. The second kappa shape index (κ2) is 10.6. The molecule has 0 spiro atoms. The highest BCUT2D eigenvalue weighted by Gasteiger charge is 2.25. The molecule has 3 aromatic rings. The van der Waals surface area contributed by atoms with Gasteiger partial charge in [-0.1, -0.05) is 26.3 Å². The second-order valence-electron chi connectivity index (χ2n) is 7.68. The van der Waals surface area contributed by atoms with E-state index in [0.717, 1.165) is 29.1 Å². The Morgan fingerprint density at radius 1 is 1.00 bits per heavy atom. The fourth-order valence-electron chi connectivity index (χ4n) is 3.47. The lowest BCUT2D eigenvalue weighted by atomic mass is 10.1. The van der Waals surface area contributed by atoms with E-state index in [0.29, 0.717) is 29.2 Å². The van der Waals surface area contributed by atoms with Crippen LogP contribution < -0.4 is 4.52 Å². The zero-order chi connectivity index (χ0) is 23.4. The van der Waals surface area contributed by atoms with Crippen LogP contribution in [0.25, 0.3) is 21.8 Å². The highest BCUT2D eigenvalue weighted by atomic mass is 32.5. The van der Waals surface area contributed by atoms with Gasteiger partial charge in [0.15, 0.2) is 9.84 Å². The largest absolute Gasteiger partial charge is 0.424 e. The average Bonchev–Trinajstić information content (AvgIpc) is 2.71. The molecule has 2 aromatic carbocycles. The van der Waals surface area contributed by atoms with Crippen LogP contribution in [-0.2, 0) is 30.7 Å².